The lowest BCUT2D eigenvalue weighted by Crippen LogP contribution is -2.52. The summed E-state index contributed by atoms with van der Waals surface area (Å²) < 4.78 is 2.51. The number of amidine groups is 1. The third kappa shape index (κ3) is 2.36. The standard InChI is InChI=1S/C12H12N6OS2/c13-9-8-10(15-6-17(9)16-11(14)19)18(12(20)21-8)7-4-2-1-3-5-7/h1-5,13,15H,6H2,(H3,14,16,19). The predicted octanol–water partition coefficient (Wildman–Crippen LogP) is 1.86. The van der Waals surface area contributed by atoms with Crippen LogP contribution in [0.25, 0.3) is 5.69 Å². The summed E-state index contributed by atoms with van der Waals surface area (Å²) in [5.41, 5.74) is 8.41. The Morgan fingerprint density at radius 2 is 2.14 bits per heavy atom. The zero-order valence-electron chi connectivity index (χ0n) is 10.8. The molecule has 1 aliphatic heterocycles. The molecule has 9 heteroatoms. The van der Waals surface area contributed by atoms with Crippen molar-refractivity contribution in [1.29, 1.82) is 5.41 Å². The molecule has 2 heterocycles. The van der Waals surface area contributed by atoms with Crippen LogP contribution >= 0.6 is 23.6 Å². The molecule has 1 aliphatic rings. The van der Waals surface area contributed by atoms with Crippen LogP contribution in [0.5, 0.6) is 0 Å². The zero-order valence-corrected chi connectivity index (χ0v) is 12.4. The molecule has 108 valence electrons. The quantitative estimate of drug-likeness (QED) is 0.635. The van der Waals surface area contributed by atoms with Crippen LogP contribution in [0.4, 0.5) is 10.6 Å². The van der Waals surface area contributed by atoms with Crippen LogP contribution in [0.2, 0.25) is 0 Å². The number of benzene rings is 1. The normalized spacial score (nSPS) is 13.5. The van der Waals surface area contributed by atoms with Gasteiger partial charge in [0.25, 0.3) is 0 Å². The molecular weight excluding hydrogens is 308 g/mol. The molecule has 1 aromatic carbocycles. The number of carbonyl (C=O) groups excluding carboxylic acids is 1. The predicted molar refractivity (Wildman–Crippen MR) is 84.4 cm³/mol. The molecule has 0 atom stereocenters. The number of hydrazine groups is 1. The fourth-order valence-corrected chi connectivity index (χ4v) is 3.47. The maximum absolute atomic E-state index is 10.9. The molecule has 3 rings (SSSR count). The zero-order chi connectivity index (χ0) is 15.0. The van der Waals surface area contributed by atoms with E-state index in [-0.39, 0.29) is 12.5 Å². The number of nitrogens with one attached hydrogen (secondary N) is 3. The number of nitrogens with zero attached hydrogens (tertiary/aromatic N) is 2. The Morgan fingerprint density at radius 1 is 1.43 bits per heavy atom. The maximum Gasteiger partial charge on any atom is 0.331 e. The third-order valence-electron chi connectivity index (χ3n) is 2.96. The van der Waals surface area contributed by atoms with Gasteiger partial charge in [-0.15, -0.1) is 0 Å². The second kappa shape index (κ2) is 5.19. The number of primary amides is 1. The van der Waals surface area contributed by atoms with E-state index in [1.54, 1.807) is 0 Å². The molecule has 21 heavy (non-hydrogen) atoms. The van der Waals surface area contributed by atoms with E-state index < -0.39 is 6.03 Å². The van der Waals surface area contributed by atoms with E-state index in [0.29, 0.717) is 8.83 Å². The summed E-state index contributed by atoms with van der Waals surface area (Å²) in [5.74, 6) is 0.914. The summed E-state index contributed by atoms with van der Waals surface area (Å²) >= 11 is 6.70. The number of fused-ring (bicyclic) bond motifs is 1. The van der Waals surface area contributed by atoms with Crippen LogP contribution in [-0.2, 0) is 0 Å². The molecule has 0 saturated heterocycles. The third-order valence-corrected chi connectivity index (χ3v) is 4.34. The summed E-state index contributed by atoms with van der Waals surface area (Å²) in [7, 11) is 0. The summed E-state index contributed by atoms with van der Waals surface area (Å²) in [4.78, 5) is 11.6. The van der Waals surface area contributed by atoms with E-state index in [1.807, 2.05) is 34.9 Å². The van der Waals surface area contributed by atoms with Crippen molar-refractivity contribution in [3.05, 3.63) is 39.2 Å². The highest BCUT2D eigenvalue weighted by Gasteiger charge is 2.27. The molecule has 1 aromatic heterocycles. The second-order valence-electron chi connectivity index (χ2n) is 4.30. The number of nitrogens with two attached hydrogens (primary N) is 1. The van der Waals surface area contributed by atoms with Gasteiger partial charge in [-0.05, 0) is 24.4 Å². The van der Waals surface area contributed by atoms with Gasteiger partial charge in [-0.2, -0.15) is 0 Å². The van der Waals surface area contributed by atoms with Gasteiger partial charge in [0.2, 0.25) is 0 Å². The van der Waals surface area contributed by atoms with Crippen molar-refractivity contribution in [3.8, 4) is 5.69 Å². The first-order valence-electron chi connectivity index (χ1n) is 6.05. The molecule has 5 N–H and O–H groups in total. The Morgan fingerprint density at radius 3 is 2.81 bits per heavy atom. The lowest BCUT2D eigenvalue weighted by atomic mass is 10.3. The van der Waals surface area contributed by atoms with Gasteiger partial charge >= 0.3 is 6.03 Å². The molecule has 0 spiro atoms. The van der Waals surface area contributed by atoms with Crippen molar-refractivity contribution in [3.63, 3.8) is 0 Å². The first-order valence-corrected chi connectivity index (χ1v) is 7.28. The number of aromatic nitrogens is 1. The highest BCUT2D eigenvalue weighted by atomic mass is 32.1. The minimum atomic E-state index is -0.712. The van der Waals surface area contributed by atoms with Gasteiger partial charge in [-0.3, -0.25) is 9.98 Å². The molecule has 0 unspecified atom stereocenters. The Balaban J connectivity index is 2.05. The second-order valence-corrected chi connectivity index (χ2v) is 5.95. The minimum absolute atomic E-state index is 0.160. The van der Waals surface area contributed by atoms with Crippen molar-refractivity contribution < 1.29 is 4.79 Å². The SMILES string of the molecule is N=C1c2sc(=S)n(-c3ccccc3)c2NCN1NC(N)=O. The van der Waals surface area contributed by atoms with Gasteiger partial charge in [0.05, 0.1) is 0 Å². The van der Waals surface area contributed by atoms with Crippen LogP contribution < -0.4 is 16.5 Å². The Bertz CT molecular complexity index is 766. The molecule has 2 aromatic rings. The number of hydrogen-bond acceptors (Lipinski definition) is 5. The number of thiazole rings is 1. The molecule has 7 nitrogen and oxygen atoms in total. The Labute approximate surface area is 129 Å². The van der Waals surface area contributed by atoms with Gasteiger partial charge in [0.15, 0.2) is 9.79 Å². The average Bonchev–Trinajstić information content (AvgIpc) is 2.80. The summed E-state index contributed by atoms with van der Waals surface area (Å²) in [6.45, 7) is 0.243. The first kappa shape index (κ1) is 13.6. The Kier molecular flexibility index (Phi) is 3.35. The minimum Gasteiger partial charge on any atom is -0.351 e. The van der Waals surface area contributed by atoms with Crippen LogP contribution in [0.1, 0.15) is 4.88 Å². The number of para-hydroxylation sites is 1. The smallest absolute Gasteiger partial charge is 0.331 e. The van der Waals surface area contributed by atoms with E-state index in [4.69, 9.17) is 23.4 Å². The fourth-order valence-electron chi connectivity index (χ4n) is 2.09. The fraction of sp³-hybridized carbons (Fsp3) is 0.0833. The highest BCUT2D eigenvalue weighted by Crippen LogP contribution is 2.31. The summed E-state index contributed by atoms with van der Waals surface area (Å²) in [5, 5.41) is 12.7. The highest BCUT2D eigenvalue weighted by molar-refractivity contribution is 7.73. The number of urea groups is 1. The molecule has 2 amide bonds. The molecular formula is C12H12N6OS2. The van der Waals surface area contributed by atoms with Crippen molar-refractivity contribution in [1.82, 2.24) is 15.0 Å². The van der Waals surface area contributed by atoms with Crippen molar-refractivity contribution in [2.75, 3.05) is 12.0 Å². The topological polar surface area (TPSA) is 99.2 Å². The van der Waals surface area contributed by atoms with Gasteiger partial charge in [0.1, 0.15) is 17.4 Å². The van der Waals surface area contributed by atoms with E-state index in [9.17, 15) is 4.79 Å². The van der Waals surface area contributed by atoms with E-state index in [0.717, 1.165) is 11.5 Å². The molecule has 0 bridgehead atoms. The van der Waals surface area contributed by atoms with Crippen molar-refractivity contribution in [2.24, 2.45) is 5.73 Å². The molecule has 0 radical (unpaired) electrons. The maximum atomic E-state index is 10.9. The van der Waals surface area contributed by atoms with E-state index >= 15 is 0 Å². The largest absolute Gasteiger partial charge is 0.351 e. The van der Waals surface area contributed by atoms with Gasteiger partial charge in [-0.25, -0.2) is 15.2 Å². The number of amides is 2. The molecule has 0 saturated carbocycles. The molecule has 0 fully saturated rings. The Hall–Kier alpha value is -2.39. The van der Waals surface area contributed by atoms with Crippen LogP contribution in [0.3, 0.4) is 0 Å². The lowest BCUT2D eigenvalue weighted by Gasteiger charge is -2.29. The monoisotopic (exact) mass is 320 g/mol. The van der Waals surface area contributed by atoms with Crippen LogP contribution in [-0.4, -0.2) is 28.1 Å². The molecule has 0 aliphatic carbocycles. The van der Waals surface area contributed by atoms with Crippen molar-refractivity contribution in [2.45, 2.75) is 0 Å². The number of rotatable bonds is 2. The van der Waals surface area contributed by atoms with Gasteiger partial charge < -0.3 is 11.1 Å². The summed E-state index contributed by atoms with van der Waals surface area (Å²) in [6, 6.07) is 8.97. The van der Waals surface area contributed by atoms with E-state index in [1.165, 1.54) is 16.3 Å². The van der Waals surface area contributed by atoms with Crippen LogP contribution in [0.15, 0.2) is 30.3 Å². The van der Waals surface area contributed by atoms with Crippen LogP contribution in [0, 0.1) is 9.36 Å². The summed E-state index contributed by atoms with van der Waals surface area (Å²) in [6.07, 6.45) is 0. The number of anilines is 1. The number of carbonyl (C=O) groups is 1. The first-order chi connectivity index (χ1) is 10.1. The van der Waals surface area contributed by atoms with Crippen molar-refractivity contribution >= 4 is 41.2 Å². The van der Waals surface area contributed by atoms with Gasteiger partial charge in [0, 0.05) is 5.69 Å². The average molecular weight is 320 g/mol. The van der Waals surface area contributed by atoms with E-state index in [2.05, 4.69) is 10.7 Å². The van der Waals surface area contributed by atoms with Gasteiger partial charge in [-0.1, -0.05) is 29.5 Å². The number of hydrogen-bond donors (Lipinski definition) is 4. The lowest BCUT2D eigenvalue weighted by molar-refractivity contribution is 0.227.